The van der Waals surface area contributed by atoms with E-state index in [9.17, 15) is 4.79 Å². The standard InChI is InChI=1S/C20H20N6O/c1-14(12-15-8-4-2-5-9-15)21-19-17-18(20(27)24-23-19)26(25-22-17)13-16-10-6-3-7-11-16/h2-11,14H,12-13H2,1H3,(H,21,23)(H,24,27)/t14-/m1/s1. The zero-order valence-corrected chi connectivity index (χ0v) is 15.0. The maximum absolute atomic E-state index is 12.3. The molecule has 4 aromatic rings. The van der Waals surface area contributed by atoms with E-state index in [0.29, 0.717) is 23.4 Å². The lowest BCUT2D eigenvalue weighted by Crippen LogP contribution is -2.22. The lowest BCUT2D eigenvalue weighted by atomic mass is 10.1. The summed E-state index contributed by atoms with van der Waals surface area (Å²) in [4.78, 5) is 12.3. The van der Waals surface area contributed by atoms with E-state index in [2.05, 4.69) is 44.9 Å². The van der Waals surface area contributed by atoms with Crippen molar-refractivity contribution in [2.45, 2.75) is 25.9 Å². The largest absolute Gasteiger partial charge is 0.364 e. The van der Waals surface area contributed by atoms with Gasteiger partial charge in [0.2, 0.25) is 0 Å². The molecule has 2 N–H and O–H groups in total. The minimum Gasteiger partial charge on any atom is -0.364 e. The highest BCUT2D eigenvalue weighted by Gasteiger charge is 2.16. The molecule has 2 aromatic carbocycles. The Bertz CT molecular complexity index is 1090. The van der Waals surface area contributed by atoms with Crippen molar-refractivity contribution in [3.63, 3.8) is 0 Å². The Morgan fingerprint density at radius 1 is 1.04 bits per heavy atom. The van der Waals surface area contributed by atoms with Crippen LogP contribution in [0.3, 0.4) is 0 Å². The van der Waals surface area contributed by atoms with E-state index < -0.39 is 0 Å². The van der Waals surface area contributed by atoms with E-state index in [0.717, 1.165) is 12.0 Å². The molecule has 0 saturated heterocycles. The fourth-order valence-electron chi connectivity index (χ4n) is 3.13. The number of rotatable bonds is 6. The Kier molecular flexibility index (Phi) is 4.65. The van der Waals surface area contributed by atoms with Crippen LogP contribution in [0.2, 0.25) is 0 Å². The summed E-state index contributed by atoms with van der Waals surface area (Å²) in [6, 6.07) is 20.2. The predicted molar refractivity (Wildman–Crippen MR) is 105 cm³/mol. The normalized spacial score (nSPS) is 12.2. The Morgan fingerprint density at radius 2 is 1.70 bits per heavy atom. The van der Waals surface area contributed by atoms with Gasteiger partial charge in [-0.05, 0) is 24.5 Å². The van der Waals surface area contributed by atoms with E-state index in [1.165, 1.54) is 5.56 Å². The van der Waals surface area contributed by atoms with Crippen LogP contribution in [0, 0.1) is 0 Å². The zero-order valence-electron chi connectivity index (χ0n) is 15.0. The van der Waals surface area contributed by atoms with Crippen LogP contribution in [-0.4, -0.2) is 31.2 Å². The molecule has 0 bridgehead atoms. The number of anilines is 1. The van der Waals surface area contributed by atoms with Crippen molar-refractivity contribution in [3.05, 3.63) is 82.1 Å². The summed E-state index contributed by atoms with van der Waals surface area (Å²) in [6.45, 7) is 2.55. The molecule has 0 saturated carbocycles. The number of H-pyrrole nitrogens is 1. The minimum atomic E-state index is -0.299. The number of fused-ring (bicyclic) bond motifs is 1. The van der Waals surface area contributed by atoms with Crippen molar-refractivity contribution in [3.8, 4) is 0 Å². The summed E-state index contributed by atoms with van der Waals surface area (Å²) in [5.74, 6) is 0.535. The molecule has 4 rings (SSSR count). The number of nitrogens with one attached hydrogen (secondary N) is 2. The Morgan fingerprint density at radius 3 is 2.41 bits per heavy atom. The third-order valence-corrected chi connectivity index (χ3v) is 4.39. The molecular formula is C20H20N6O. The van der Waals surface area contributed by atoms with Gasteiger partial charge in [-0.15, -0.1) is 5.10 Å². The minimum absolute atomic E-state index is 0.119. The van der Waals surface area contributed by atoms with Crippen molar-refractivity contribution in [1.82, 2.24) is 25.2 Å². The Hall–Kier alpha value is -3.48. The highest BCUT2D eigenvalue weighted by Crippen LogP contribution is 2.17. The van der Waals surface area contributed by atoms with Crippen molar-refractivity contribution in [1.29, 1.82) is 0 Å². The van der Waals surface area contributed by atoms with Crippen LogP contribution in [-0.2, 0) is 13.0 Å². The van der Waals surface area contributed by atoms with Gasteiger partial charge in [-0.3, -0.25) is 4.79 Å². The van der Waals surface area contributed by atoms with Crippen LogP contribution in [0.4, 0.5) is 5.82 Å². The first-order valence-electron chi connectivity index (χ1n) is 8.87. The van der Waals surface area contributed by atoms with Crippen LogP contribution >= 0.6 is 0 Å². The van der Waals surface area contributed by atoms with Gasteiger partial charge in [0, 0.05) is 6.04 Å². The second kappa shape index (κ2) is 7.41. The third-order valence-electron chi connectivity index (χ3n) is 4.39. The van der Waals surface area contributed by atoms with Crippen LogP contribution in [0.5, 0.6) is 0 Å². The molecule has 0 aliphatic carbocycles. The van der Waals surface area contributed by atoms with Gasteiger partial charge in [0.15, 0.2) is 16.9 Å². The zero-order chi connectivity index (χ0) is 18.6. The summed E-state index contributed by atoms with van der Waals surface area (Å²) in [5.41, 5.74) is 2.88. The molecule has 0 spiro atoms. The second-order valence-corrected chi connectivity index (χ2v) is 6.57. The number of aromatic nitrogens is 5. The van der Waals surface area contributed by atoms with E-state index >= 15 is 0 Å². The lowest BCUT2D eigenvalue weighted by molar-refractivity contribution is 0.667. The molecule has 136 valence electrons. The first-order chi connectivity index (χ1) is 13.2. The molecule has 1 atom stereocenters. The molecule has 2 aromatic heterocycles. The third kappa shape index (κ3) is 3.72. The van der Waals surface area contributed by atoms with Gasteiger partial charge in [0.05, 0.1) is 6.54 Å². The average Bonchev–Trinajstić information content (AvgIpc) is 3.10. The molecule has 7 heteroatoms. The van der Waals surface area contributed by atoms with Gasteiger partial charge in [0.1, 0.15) is 0 Å². The quantitative estimate of drug-likeness (QED) is 0.552. The monoisotopic (exact) mass is 360 g/mol. The lowest BCUT2D eigenvalue weighted by Gasteiger charge is -2.14. The van der Waals surface area contributed by atoms with Gasteiger partial charge in [-0.1, -0.05) is 65.9 Å². The van der Waals surface area contributed by atoms with Crippen molar-refractivity contribution >= 4 is 16.9 Å². The number of aromatic amines is 1. The van der Waals surface area contributed by atoms with Crippen LogP contribution in [0.25, 0.3) is 11.0 Å². The fourth-order valence-corrected chi connectivity index (χ4v) is 3.13. The molecule has 27 heavy (non-hydrogen) atoms. The molecule has 0 fully saturated rings. The van der Waals surface area contributed by atoms with Gasteiger partial charge < -0.3 is 5.32 Å². The maximum atomic E-state index is 12.3. The molecular weight excluding hydrogens is 340 g/mol. The summed E-state index contributed by atoms with van der Waals surface area (Å²) in [6.07, 6.45) is 0.835. The van der Waals surface area contributed by atoms with Gasteiger partial charge in [0.25, 0.3) is 5.56 Å². The number of hydrogen-bond donors (Lipinski definition) is 2. The van der Waals surface area contributed by atoms with E-state index in [1.807, 2.05) is 48.5 Å². The first kappa shape index (κ1) is 17.0. The van der Waals surface area contributed by atoms with Crippen LogP contribution in [0.15, 0.2) is 65.5 Å². The van der Waals surface area contributed by atoms with Crippen molar-refractivity contribution in [2.24, 2.45) is 0 Å². The molecule has 7 nitrogen and oxygen atoms in total. The van der Waals surface area contributed by atoms with Gasteiger partial charge >= 0.3 is 0 Å². The highest BCUT2D eigenvalue weighted by atomic mass is 16.1. The number of nitrogens with zero attached hydrogens (tertiary/aromatic N) is 4. The number of benzene rings is 2. The number of hydrogen-bond acceptors (Lipinski definition) is 5. The summed E-state index contributed by atoms with van der Waals surface area (Å²) >= 11 is 0. The molecule has 2 heterocycles. The summed E-state index contributed by atoms with van der Waals surface area (Å²) < 4.78 is 1.61. The van der Waals surface area contributed by atoms with E-state index in [4.69, 9.17) is 0 Å². The van der Waals surface area contributed by atoms with Gasteiger partial charge in [-0.25, -0.2) is 9.78 Å². The van der Waals surface area contributed by atoms with Crippen LogP contribution < -0.4 is 10.9 Å². The van der Waals surface area contributed by atoms with Crippen LogP contribution in [0.1, 0.15) is 18.1 Å². The molecule has 0 amide bonds. The Balaban J connectivity index is 1.61. The second-order valence-electron chi connectivity index (χ2n) is 6.57. The predicted octanol–water partition coefficient (Wildman–Crippen LogP) is 2.61. The maximum Gasteiger partial charge on any atom is 0.292 e. The van der Waals surface area contributed by atoms with Gasteiger partial charge in [-0.2, -0.15) is 5.10 Å². The molecule has 0 radical (unpaired) electrons. The molecule has 0 aliphatic heterocycles. The van der Waals surface area contributed by atoms with Crippen molar-refractivity contribution < 1.29 is 0 Å². The molecule has 0 aliphatic rings. The highest BCUT2D eigenvalue weighted by molar-refractivity contribution is 5.84. The SMILES string of the molecule is C[C@H](Cc1ccccc1)Nc1n[nH]c(=O)c2c1nnn2Cc1ccccc1. The summed E-state index contributed by atoms with van der Waals surface area (Å²) in [7, 11) is 0. The molecule has 0 unspecified atom stereocenters. The fraction of sp³-hybridized carbons (Fsp3) is 0.200. The van der Waals surface area contributed by atoms with E-state index in [-0.39, 0.29) is 11.6 Å². The first-order valence-corrected chi connectivity index (χ1v) is 8.87. The average molecular weight is 360 g/mol. The van der Waals surface area contributed by atoms with E-state index in [1.54, 1.807) is 4.68 Å². The smallest absolute Gasteiger partial charge is 0.292 e. The topological polar surface area (TPSA) is 88.5 Å². The summed E-state index contributed by atoms with van der Waals surface area (Å²) in [5, 5.41) is 18.4. The Labute approximate surface area is 156 Å². The van der Waals surface area contributed by atoms with Crippen molar-refractivity contribution in [2.75, 3.05) is 5.32 Å².